The molecule has 1 aromatic carbocycles. The van der Waals surface area contributed by atoms with E-state index in [1.165, 1.54) is 30.6 Å². The van der Waals surface area contributed by atoms with Crippen LogP contribution >= 0.6 is 0 Å². The predicted molar refractivity (Wildman–Crippen MR) is 111 cm³/mol. The van der Waals surface area contributed by atoms with Gasteiger partial charge in [0.05, 0.1) is 15.5 Å². The molecule has 156 valence electrons. The second kappa shape index (κ2) is 9.62. The Labute approximate surface area is 168 Å². The van der Waals surface area contributed by atoms with Crippen LogP contribution in [0, 0.1) is 32.1 Å². The van der Waals surface area contributed by atoms with E-state index in [0.717, 1.165) is 0 Å². The van der Waals surface area contributed by atoms with E-state index in [0.29, 0.717) is 18.8 Å². The molecule has 2 N–H and O–H groups in total. The highest BCUT2D eigenvalue weighted by Crippen LogP contribution is 2.32. The minimum absolute atomic E-state index is 0.0101. The first-order chi connectivity index (χ1) is 13.7. The highest BCUT2D eigenvalue weighted by atomic mass is 16.6. The molecule has 29 heavy (non-hydrogen) atoms. The lowest BCUT2D eigenvalue weighted by atomic mass is 10.1. The molecule has 0 amide bonds. The first-order valence-corrected chi connectivity index (χ1v) is 9.19. The topological polar surface area (TPSA) is 139 Å². The minimum atomic E-state index is -0.511. The van der Waals surface area contributed by atoms with Gasteiger partial charge in [-0.2, -0.15) is 0 Å². The average molecular weight is 403 g/mol. The van der Waals surface area contributed by atoms with Gasteiger partial charge in [-0.05, 0) is 24.0 Å². The summed E-state index contributed by atoms with van der Waals surface area (Å²) in [6, 6.07) is 5.64. The zero-order valence-corrected chi connectivity index (χ0v) is 16.8. The summed E-state index contributed by atoms with van der Waals surface area (Å²) in [7, 11) is 0. The van der Waals surface area contributed by atoms with Gasteiger partial charge in [-0.3, -0.25) is 31.1 Å². The van der Waals surface area contributed by atoms with Gasteiger partial charge in [0.25, 0.3) is 5.69 Å². The Kier molecular flexibility index (Phi) is 7.23. The van der Waals surface area contributed by atoms with Gasteiger partial charge in [-0.25, -0.2) is 9.97 Å². The number of anilines is 3. The summed E-state index contributed by atoms with van der Waals surface area (Å²) in [5, 5.41) is 22.5. The molecule has 0 radical (unpaired) electrons. The molecular weight excluding hydrogens is 378 g/mol. The van der Waals surface area contributed by atoms with E-state index in [1.54, 1.807) is 0 Å². The Bertz CT molecular complexity index is 846. The van der Waals surface area contributed by atoms with Crippen molar-refractivity contribution in [1.82, 2.24) is 9.97 Å². The highest BCUT2D eigenvalue weighted by molar-refractivity contribution is 5.71. The summed E-state index contributed by atoms with van der Waals surface area (Å²) in [4.78, 5) is 31.6. The van der Waals surface area contributed by atoms with Crippen molar-refractivity contribution >= 4 is 28.7 Å². The van der Waals surface area contributed by atoms with Crippen LogP contribution in [0.3, 0.4) is 0 Å². The Balaban J connectivity index is 2.31. The number of nitro groups is 2. The number of hydrazine groups is 1. The van der Waals surface area contributed by atoms with Crippen LogP contribution < -0.4 is 15.8 Å². The van der Waals surface area contributed by atoms with E-state index in [9.17, 15) is 20.2 Å². The van der Waals surface area contributed by atoms with Crippen LogP contribution in [0.1, 0.15) is 27.7 Å². The van der Waals surface area contributed by atoms with Crippen molar-refractivity contribution < 1.29 is 9.85 Å². The van der Waals surface area contributed by atoms with E-state index in [-0.39, 0.29) is 34.8 Å². The monoisotopic (exact) mass is 403 g/mol. The molecular formula is C18H25N7O4. The maximum absolute atomic E-state index is 11.8. The smallest absolute Gasteiger partial charge is 0.350 e. The molecule has 1 heterocycles. The molecule has 0 bridgehead atoms. The number of nitro benzene ring substituents is 1. The van der Waals surface area contributed by atoms with Crippen LogP contribution in [0.25, 0.3) is 0 Å². The Morgan fingerprint density at radius 1 is 0.931 bits per heavy atom. The summed E-state index contributed by atoms with van der Waals surface area (Å²) in [6.45, 7) is 9.38. The number of hydrogen-bond donors (Lipinski definition) is 2. The van der Waals surface area contributed by atoms with Crippen LogP contribution in [0.15, 0.2) is 30.6 Å². The maximum atomic E-state index is 11.8. The van der Waals surface area contributed by atoms with Crippen LogP contribution in [-0.4, -0.2) is 32.9 Å². The standard InChI is InChI=1S/C18H25N7O4/c1-12(2)9-23(10-13(3)4)18-16(25(28)29)17(19-11-20-18)22-21-14-5-7-15(8-6-14)24(26)27/h5-8,11-13,21H,9-10H2,1-4H3,(H,19,20,22). The fourth-order valence-electron chi connectivity index (χ4n) is 2.79. The van der Waals surface area contributed by atoms with E-state index < -0.39 is 9.85 Å². The Hall–Kier alpha value is -3.50. The zero-order valence-electron chi connectivity index (χ0n) is 16.8. The van der Waals surface area contributed by atoms with Gasteiger partial charge < -0.3 is 4.90 Å². The molecule has 11 heteroatoms. The quantitative estimate of drug-likeness (QED) is 0.447. The molecule has 0 aliphatic carbocycles. The third-order valence-corrected chi connectivity index (χ3v) is 3.86. The molecule has 0 fully saturated rings. The van der Waals surface area contributed by atoms with Crippen LogP contribution in [-0.2, 0) is 0 Å². The van der Waals surface area contributed by atoms with Crippen molar-refractivity contribution in [3.05, 3.63) is 50.8 Å². The maximum Gasteiger partial charge on any atom is 0.355 e. The number of benzene rings is 1. The molecule has 0 unspecified atom stereocenters. The molecule has 11 nitrogen and oxygen atoms in total. The first-order valence-electron chi connectivity index (χ1n) is 9.19. The summed E-state index contributed by atoms with van der Waals surface area (Å²) in [5.74, 6) is 0.840. The van der Waals surface area contributed by atoms with Gasteiger partial charge in [0.1, 0.15) is 6.33 Å². The average Bonchev–Trinajstić information content (AvgIpc) is 2.64. The normalized spacial score (nSPS) is 10.8. The Morgan fingerprint density at radius 3 is 2.00 bits per heavy atom. The summed E-state index contributed by atoms with van der Waals surface area (Å²) >= 11 is 0. The second-order valence-corrected chi connectivity index (χ2v) is 7.40. The van der Waals surface area contributed by atoms with Crippen molar-refractivity contribution in [1.29, 1.82) is 0 Å². The van der Waals surface area contributed by atoms with Crippen LogP contribution in [0.2, 0.25) is 0 Å². The number of hydrogen-bond acceptors (Lipinski definition) is 9. The number of nitrogens with zero attached hydrogens (tertiary/aromatic N) is 5. The minimum Gasteiger partial charge on any atom is -0.350 e. The zero-order chi connectivity index (χ0) is 21.6. The van der Waals surface area contributed by atoms with Crippen molar-refractivity contribution in [3.8, 4) is 0 Å². The molecule has 1 aromatic heterocycles. The molecule has 0 saturated carbocycles. The molecule has 0 atom stereocenters. The number of nitrogens with one attached hydrogen (secondary N) is 2. The van der Waals surface area contributed by atoms with Gasteiger partial charge >= 0.3 is 5.69 Å². The fraction of sp³-hybridized carbons (Fsp3) is 0.444. The molecule has 2 aromatic rings. The van der Waals surface area contributed by atoms with E-state index in [1.807, 2.05) is 32.6 Å². The lowest BCUT2D eigenvalue weighted by molar-refractivity contribution is -0.384. The number of non-ortho nitro benzene ring substituents is 1. The summed E-state index contributed by atoms with van der Waals surface area (Å²) in [6.07, 6.45) is 1.27. The first kappa shape index (κ1) is 21.8. The van der Waals surface area contributed by atoms with Crippen molar-refractivity contribution in [2.75, 3.05) is 28.8 Å². The molecule has 2 rings (SSSR count). The SMILES string of the molecule is CC(C)CN(CC(C)C)c1ncnc(NNc2ccc([N+](=O)[O-])cc2)c1[N+](=O)[O-]. The van der Waals surface area contributed by atoms with Crippen molar-refractivity contribution in [2.45, 2.75) is 27.7 Å². The van der Waals surface area contributed by atoms with Crippen molar-refractivity contribution in [2.24, 2.45) is 11.8 Å². The lowest BCUT2D eigenvalue weighted by Gasteiger charge is -2.27. The van der Waals surface area contributed by atoms with Gasteiger partial charge in [0.2, 0.25) is 11.6 Å². The Morgan fingerprint density at radius 2 is 1.52 bits per heavy atom. The molecule has 0 aliphatic heterocycles. The van der Waals surface area contributed by atoms with Crippen LogP contribution in [0.4, 0.5) is 28.7 Å². The van der Waals surface area contributed by atoms with Gasteiger partial charge in [0, 0.05) is 25.2 Å². The highest BCUT2D eigenvalue weighted by Gasteiger charge is 2.28. The number of rotatable bonds is 10. The summed E-state index contributed by atoms with van der Waals surface area (Å²) < 4.78 is 0. The molecule has 0 spiro atoms. The van der Waals surface area contributed by atoms with E-state index in [2.05, 4.69) is 20.8 Å². The van der Waals surface area contributed by atoms with Crippen LogP contribution in [0.5, 0.6) is 0 Å². The third kappa shape index (κ3) is 5.99. The second-order valence-electron chi connectivity index (χ2n) is 7.40. The van der Waals surface area contributed by atoms with Gasteiger partial charge in [0.15, 0.2) is 0 Å². The van der Waals surface area contributed by atoms with E-state index >= 15 is 0 Å². The molecule has 0 aliphatic rings. The lowest BCUT2D eigenvalue weighted by Crippen LogP contribution is -2.33. The van der Waals surface area contributed by atoms with Gasteiger partial charge in [-0.1, -0.05) is 27.7 Å². The third-order valence-electron chi connectivity index (χ3n) is 3.86. The van der Waals surface area contributed by atoms with Gasteiger partial charge in [-0.15, -0.1) is 0 Å². The largest absolute Gasteiger partial charge is 0.355 e. The fourth-order valence-corrected chi connectivity index (χ4v) is 2.79. The molecule has 0 saturated heterocycles. The number of aromatic nitrogens is 2. The predicted octanol–water partition coefficient (Wildman–Crippen LogP) is 3.85. The van der Waals surface area contributed by atoms with Crippen molar-refractivity contribution in [3.63, 3.8) is 0 Å². The van der Waals surface area contributed by atoms with E-state index in [4.69, 9.17) is 0 Å². The summed E-state index contributed by atoms with van der Waals surface area (Å²) in [5.41, 5.74) is 5.71.